The minimum Gasteiger partial charge on any atom is -0.481 e. The highest BCUT2D eigenvalue weighted by Gasteiger charge is 2.31. The Hall–Kier alpha value is -2.77. The minimum atomic E-state index is -1.72. The Morgan fingerprint density at radius 1 is 0.828 bits per heavy atom. The molecule has 0 aliphatic heterocycles. The number of aliphatic hydroxyl groups excluding tert-OH is 2. The molecule has 9 N–H and O–H groups in total. The third kappa shape index (κ3) is 8.85. The average molecular weight is 420 g/mol. The predicted molar refractivity (Wildman–Crippen MR) is 97.3 cm³/mol. The highest BCUT2D eigenvalue weighted by molar-refractivity contribution is 5.95. The molecule has 0 aromatic carbocycles. The number of nitrogens with one attached hydrogen (secondary N) is 3. The van der Waals surface area contributed by atoms with Crippen molar-refractivity contribution in [1.82, 2.24) is 16.0 Å². The van der Waals surface area contributed by atoms with E-state index in [2.05, 4.69) is 5.32 Å². The summed E-state index contributed by atoms with van der Waals surface area (Å²) in [7, 11) is 0. The van der Waals surface area contributed by atoms with E-state index >= 15 is 0 Å². The number of carboxylic acids is 2. The van der Waals surface area contributed by atoms with Gasteiger partial charge in [0.2, 0.25) is 17.7 Å². The van der Waals surface area contributed by atoms with E-state index in [-0.39, 0.29) is 5.92 Å². The standard InChI is InChI=1S/C16H28N4O9/c1-3-7(2)12(17)15(27)19-9(5-21)14(26)18-8(4-11(23)24)13(25)20-10(6-22)16(28)29/h7-10,12,21-22H,3-6,17H2,1-2H3,(H,18,26)(H,19,27)(H,20,25)(H,23,24)(H,28,29). The number of amides is 3. The molecule has 0 saturated carbocycles. The summed E-state index contributed by atoms with van der Waals surface area (Å²) in [6.45, 7) is 1.70. The van der Waals surface area contributed by atoms with Gasteiger partial charge < -0.3 is 42.1 Å². The van der Waals surface area contributed by atoms with Gasteiger partial charge in [0, 0.05) is 0 Å². The summed E-state index contributed by atoms with van der Waals surface area (Å²) in [5.74, 6) is -6.24. The van der Waals surface area contributed by atoms with Crippen LogP contribution in [0.5, 0.6) is 0 Å². The zero-order valence-electron chi connectivity index (χ0n) is 16.1. The lowest BCUT2D eigenvalue weighted by atomic mass is 9.99. The van der Waals surface area contributed by atoms with Crippen molar-refractivity contribution in [2.45, 2.75) is 50.9 Å². The van der Waals surface area contributed by atoms with Gasteiger partial charge in [-0.15, -0.1) is 0 Å². The highest BCUT2D eigenvalue weighted by Crippen LogP contribution is 2.05. The molecule has 0 heterocycles. The Labute approximate surface area is 166 Å². The van der Waals surface area contributed by atoms with Gasteiger partial charge in [0.25, 0.3) is 0 Å². The molecule has 0 bridgehead atoms. The summed E-state index contributed by atoms with van der Waals surface area (Å²) in [4.78, 5) is 58.3. The number of rotatable bonds is 13. The number of carboxylic acid groups (broad SMARTS) is 2. The van der Waals surface area contributed by atoms with E-state index < -0.39 is 73.5 Å². The molecule has 0 radical (unpaired) electrons. The van der Waals surface area contributed by atoms with Crippen LogP contribution >= 0.6 is 0 Å². The minimum absolute atomic E-state index is 0.214. The quantitative estimate of drug-likeness (QED) is 0.146. The summed E-state index contributed by atoms with van der Waals surface area (Å²) in [5.41, 5.74) is 5.74. The van der Waals surface area contributed by atoms with Gasteiger partial charge in [-0.05, 0) is 5.92 Å². The second-order valence-electron chi connectivity index (χ2n) is 6.40. The number of aliphatic hydroxyl groups is 2. The van der Waals surface area contributed by atoms with E-state index in [1.165, 1.54) is 0 Å². The van der Waals surface area contributed by atoms with Crippen LogP contribution in [0.2, 0.25) is 0 Å². The second-order valence-corrected chi connectivity index (χ2v) is 6.40. The Bertz CT molecular complexity index is 613. The molecular weight excluding hydrogens is 392 g/mol. The summed E-state index contributed by atoms with van der Waals surface area (Å²) in [6.07, 6.45) is -0.325. The van der Waals surface area contributed by atoms with Crippen LogP contribution in [0.25, 0.3) is 0 Å². The van der Waals surface area contributed by atoms with Crippen molar-refractivity contribution in [1.29, 1.82) is 0 Å². The summed E-state index contributed by atoms with van der Waals surface area (Å²) >= 11 is 0. The first-order valence-electron chi connectivity index (χ1n) is 8.81. The third-order valence-electron chi connectivity index (χ3n) is 4.18. The molecule has 5 atom stereocenters. The van der Waals surface area contributed by atoms with Crippen molar-refractivity contribution in [2.75, 3.05) is 13.2 Å². The van der Waals surface area contributed by atoms with Gasteiger partial charge in [-0.3, -0.25) is 19.2 Å². The fraction of sp³-hybridized carbons (Fsp3) is 0.688. The van der Waals surface area contributed by atoms with Gasteiger partial charge in [0.1, 0.15) is 18.1 Å². The van der Waals surface area contributed by atoms with Gasteiger partial charge in [0.15, 0.2) is 0 Å². The van der Waals surface area contributed by atoms with Crippen LogP contribution in [0.15, 0.2) is 0 Å². The van der Waals surface area contributed by atoms with Crippen molar-refractivity contribution in [3.8, 4) is 0 Å². The van der Waals surface area contributed by atoms with Gasteiger partial charge >= 0.3 is 11.9 Å². The van der Waals surface area contributed by atoms with Crippen molar-refractivity contribution in [3.05, 3.63) is 0 Å². The maximum absolute atomic E-state index is 12.3. The molecular formula is C16H28N4O9. The summed E-state index contributed by atoms with van der Waals surface area (Å²) < 4.78 is 0. The average Bonchev–Trinajstić information content (AvgIpc) is 2.66. The highest BCUT2D eigenvalue weighted by atomic mass is 16.4. The lowest BCUT2D eigenvalue weighted by Crippen LogP contribution is -2.59. The maximum atomic E-state index is 12.3. The van der Waals surface area contributed by atoms with Crippen LogP contribution in [-0.2, 0) is 24.0 Å². The van der Waals surface area contributed by atoms with Crippen LogP contribution in [0.3, 0.4) is 0 Å². The van der Waals surface area contributed by atoms with Crippen molar-refractivity contribution >= 4 is 29.7 Å². The SMILES string of the molecule is CCC(C)C(N)C(=O)NC(CO)C(=O)NC(CC(=O)O)C(=O)NC(CO)C(=O)O. The Kier molecular flexibility index (Phi) is 11.4. The molecule has 5 unspecified atom stereocenters. The number of carbonyl (C=O) groups excluding carboxylic acids is 3. The topological polar surface area (TPSA) is 228 Å². The molecule has 166 valence electrons. The number of nitrogens with two attached hydrogens (primary N) is 1. The van der Waals surface area contributed by atoms with E-state index in [1.807, 2.05) is 10.6 Å². The zero-order chi connectivity index (χ0) is 22.7. The van der Waals surface area contributed by atoms with E-state index in [1.54, 1.807) is 13.8 Å². The molecule has 13 nitrogen and oxygen atoms in total. The van der Waals surface area contributed by atoms with Crippen LogP contribution in [0.1, 0.15) is 26.7 Å². The first-order valence-corrected chi connectivity index (χ1v) is 8.81. The fourth-order valence-corrected chi connectivity index (χ4v) is 2.09. The molecule has 29 heavy (non-hydrogen) atoms. The molecule has 3 amide bonds. The Morgan fingerprint density at radius 3 is 1.69 bits per heavy atom. The van der Waals surface area contributed by atoms with E-state index in [9.17, 15) is 29.1 Å². The molecule has 13 heteroatoms. The van der Waals surface area contributed by atoms with E-state index in [0.717, 1.165) is 0 Å². The first-order chi connectivity index (χ1) is 13.5. The van der Waals surface area contributed by atoms with Crippen molar-refractivity contribution in [2.24, 2.45) is 11.7 Å². The fourth-order valence-electron chi connectivity index (χ4n) is 2.09. The van der Waals surface area contributed by atoms with Crippen LogP contribution < -0.4 is 21.7 Å². The first kappa shape index (κ1) is 26.2. The van der Waals surface area contributed by atoms with Gasteiger partial charge in [-0.25, -0.2) is 4.79 Å². The molecule has 0 aliphatic carbocycles. The van der Waals surface area contributed by atoms with Gasteiger partial charge in [0.05, 0.1) is 25.7 Å². The lowest BCUT2D eigenvalue weighted by Gasteiger charge is -2.24. The van der Waals surface area contributed by atoms with Crippen LogP contribution in [0.4, 0.5) is 0 Å². The zero-order valence-corrected chi connectivity index (χ0v) is 16.1. The molecule has 0 aliphatic rings. The molecule has 0 saturated heterocycles. The monoisotopic (exact) mass is 420 g/mol. The van der Waals surface area contributed by atoms with Crippen molar-refractivity contribution in [3.63, 3.8) is 0 Å². The second kappa shape index (κ2) is 12.6. The normalized spacial score (nSPS) is 15.9. The molecule has 0 aromatic heterocycles. The van der Waals surface area contributed by atoms with E-state index in [0.29, 0.717) is 6.42 Å². The van der Waals surface area contributed by atoms with Gasteiger partial charge in [-0.2, -0.15) is 0 Å². The van der Waals surface area contributed by atoms with Gasteiger partial charge in [-0.1, -0.05) is 20.3 Å². The number of hydrogen-bond acceptors (Lipinski definition) is 8. The van der Waals surface area contributed by atoms with Crippen molar-refractivity contribution < 1.29 is 44.4 Å². The predicted octanol–water partition coefficient (Wildman–Crippen LogP) is -3.64. The Morgan fingerprint density at radius 2 is 1.28 bits per heavy atom. The summed E-state index contributed by atoms with van der Waals surface area (Å²) in [5, 5.41) is 42.2. The van der Waals surface area contributed by atoms with Crippen LogP contribution in [-0.4, -0.2) is 87.5 Å². The smallest absolute Gasteiger partial charge is 0.328 e. The molecule has 0 aromatic rings. The van der Waals surface area contributed by atoms with E-state index in [4.69, 9.17) is 21.1 Å². The molecule has 0 spiro atoms. The largest absolute Gasteiger partial charge is 0.481 e. The Balaban J connectivity index is 5.22. The summed E-state index contributed by atoms with van der Waals surface area (Å²) in [6, 6.07) is -5.91. The maximum Gasteiger partial charge on any atom is 0.328 e. The molecule has 0 rings (SSSR count). The lowest BCUT2D eigenvalue weighted by molar-refractivity contribution is -0.144. The third-order valence-corrected chi connectivity index (χ3v) is 4.18. The molecule has 0 fully saturated rings. The number of carbonyl (C=O) groups is 5. The number of hydrogen-bond donors (Lipinski definition) is 8. The number of aliphatic carboxylic acids is 2. The van der Waals surface area contributed by atoms with Crippen LogP contribution in [0, 0.1) is 5.92 Å².